The predicted octanol–water partition coefficient (Wildman–Crippen LogP) is 2.73. The van der Waals surface area contributed by atoms with Crippen LogP contribution in [0.4, 0.5) is 0 Å². The third-order valence-corrected chi connectivity index (χ3v) is 3.55. The second kappa shape index (κ2) is 4.38. The van der Waals surface area contributed by atoms with Gasteiger partial charge in [-0.15, -0.1) is 11.3 Å². The first kappa shape index (κ1) is 11.2. The zero-order valence-electron chi connectivity index (χ0n) is 10.2. The normalized spacial score (nSPS) is 11.0. The van der Waals surface area contributed by atoms with Crippen molar-refractivity contribution in [1.82, 2.24) is 25.0 Å². The number of aromatic nitrogens is 5. The Kier molecular flexibility index (Phi) is 2.71. The highest BCUT2D eigenvalue weighted by Gasteiger charge is 2.13. The van der Waals surface area contributed by atoms with Crippen LogP contribution in [0, 0.1) is 6.92 Å². The van der Waals surface area contributed by atoms with Gasteiger partial charge in [0, 0.05) is 6.54 Å². The number of aryl methyl sites for hydroxylation is 2. The summed E-state index contributed by atoms with van der Waals surface area (Å²) in [6.45, 7) is 4.84. The van der Waals surface area contributed by atoms with Crippen LogP contribution in [0.3, 0.4) is 0 Å². The first-order chi connectivity index (χ1) is 8.78. The van der Waals surface area contributed by atoms with Crippen molar-refractivity contribution in [2.24, 2.45) is 0 Å². The fraction of sp³-hybridized carbons (Fsp3) is 0.250. The van der Waals surface area contributed by atoms with E-state index in [0.29, 0.717) is 5.82 Å². The van der Waals surface area contributed by atoms with Crippen LogP contribution in [0.2, 0.25) is 0 Å². The Morgan fingerprint density at radius 1 is 1.44 bits per heavy atom. The van der Waals surface area contributed by atoms with Gasteiger partial charge in [0.2, 0.25) is 0 Å². The Morgan fingerprint density at radius 2 is 2.33 bits per heavy atom. The molecule has 3 rings (SSSR count). The number of rotatable bonds is 3. The number of aromatic amines is 1. The summed E-state index contributed by atoms with van der Waals surface area (Å²) in [5.41, 5.74) is 1.93. The number of H-pyrrole nitrogens is 1. The first-order valence-electron chi connectivity index (χ1n) is 5.79. The molecule has 0 saturated carbocycles. The van der Waals surface area contributed by atoms with E-state index in [1.807, 2.05) is 35.2 Å². The number of thiophene rings is 1. The van der Waals surface area contributed by atoms with Crippen molar-refractivity contribution in [3.8, 4) is 22.2 Å². The average molecular weight is 259 g/mol. The summed E-state index contributed by atoms with van der Waals surface area (Å²) >= 11 is 1.64. The lowest BCUT2D eigenvalue weighted by Crippen LogP contribution is -2.00. The topological polar surface area (TPSA) is 59.4 Å². The zero-order chi connectivity index (χ0) is 12.5. The van der Waals surface area contributed by atoms with Crippen molar-refractivity contribution in [3.05, 3.63) is 29.3 Å². The fourth-order valence-corrected chi connectivity index (χ4v) is 2.53. The van der Waals surface area contributed by atoms with Gasteiger partial charge < -0.3 is 0 Å². The first-order valence-corrected chi connectivity index (χ1v) is 6.67. The summed E-state index contributed by atoms with van der Waals surface area (Å²) in [5, 5.41) is 13.7. The van der Waals surface area contributed by atoms with Crippen LogP contribution >= 0.6 is 11.3 Å². The second-order valence-corrected chi connectivity index (χ2v) is 4.92. The number of nitrogens with zero attached hydrogens (tertiary/aromatic N) is 4. The van der Waals surface area contributed by atoms with Crippen molar-refractivity contribution in [3.63, 3.8) is 0 Å². The van der Waals surface area contributed by atoms with Gasteiger partial charge in [-0.3, -0.25) is 9.78 Å². The molecule has 0 bridgehead atoms. The molecule has 0 unspecified atom stereocenters. The molecule has 0 aliphatic carbocycles. The van der Waals surface area contributed by atoms with Gasteiger partial charge in [-0.05, 0) is 31.4 Å². The standard InChI is InChI=1S/C12H13N5S/c1-3-17-9(7-8(2)16-17)11-13-12(15-14-11)10-5-4-6-18-10/h4-7H,3H2,1-2H3,(H,13,14,15). The highest BCUT2D eigenvalue weighted by atomic mass is 32.1. The van der Waals surface area contributed by atoms with Crippen molar-refractivity contribution in [2.75, 3.05) is 0 Å². The minimum atomic E-state index is 0.695. The van der Waals surface area contributed by atoms with E-state index in [1.165, 1.54) is 0 Å². The van der Waals surface area contributed by atoms with Crippen molar-refractivity contribution < 1.29 is 0 Å². The Balaban J connectivity index is 2.02. The number of hydrogen-bond donors (Lipinski definition) is 1. The van der Waals surface area contributed by atoms with E-state index in [9.17, 15) is 0 Å². The molecule has 18 heavy (non-hydrogen) atoms. The Bertz CT molecular complexity index is 650. The van der Waals surface area contributed by atoms with Gasteiger partial charge in [0.05, 0.1) is 10.6 Å². The molecule has 3 heterocycles. The Hall–Kier alpha value is -1.95. The monoisotopic (exact) mass is 259 g/mol. The maximum Gasteiger partial charge on any atom is 0.199 e. The average Bonchev–Trinajstić information content (AvgIpc) is 3.08. The number of nitrogens with one attached hydrogen (secondary N) is 1. The van der Waals surface area contributed by atoms with Gasteiger partial charge in [0.25, 0.3) is 0 Å². The highest BCUT2D eigenvalue weighted by molar-refractivity contribution is 7.13. The van der Waals surface area contributed by atoms with Crippen LogP contribution in [0.25, 0.3) is 22.2 Å². The van der Waals surface area contributed by atoms with Crippen LogP contribution in [0.5, 0.6) is 0 Å². The summed E-state index contributed by atoms with van der Waals surface area (Å²) in [4.78, 5) is 5.62. The van der Waals surface area contributed by atoms with Crippen molar-refractivity contribution >= 4 is 11.3 Å². The van der Waals surface area contributed by atoms with Crippen LogP contribution in [-0.2, 0) is 6.54 Å². The van der Waals surface area contributed by atoms with E-state index in [1.54, 1.807) is 11.3 Å². The van der Waals surface area contributed by atoms with Gasteiger partial charge in [-0.2, -0.15) is 10.2 Å². The molecule has 0 aromatic carbocycles. The van der Waals surface area contributed by atoms with E-state index in [0.717, 1.165) is 28.6 Å². The zero-order valence-corrected chi connectivity index (χ0v) is 11.0. The van der Waals surface area contributed by atoms with E-state index in [2.05, 4.69) is 27.2 Å². The molecule has 6 heteroatoms. The highest BCUT2D eigenvalue weighted by Crippen LogP contribution is 2.23. The molecule has 0 saturated heterocycles. The lowest BCUT2D eigenvalue weighted by atomic mass is 10.3. The molecule has 0 aliphatic heterocycles. The molecule has 0 amide bonds. The molecule has 0 atom stereocenters. The molecule has 3 aromatic heterocycles. The maximum atomic E-state index is 4.53. The Labute approximate surface area is 109 Å². The summed E-state index contributed by atoms with van der Waals surface area (Å²) in [7, 11) is 0. The largest absolute Gasteiger partial charge is 0.262 e. The molecular weight excluding hydrogens is 246 g/mol. The molecular formula is C12H13N5S. The Morgan fingerprint density at radius 3 is 3.06 bits per heavy atom. The maximum absolute atomic E-state index is 4.53. The smallest absolute Gasteiger partial charge is 0.199 e. The van der Waals surface area contributed by atoms with E-state index in [-0.39, 0.29) is 0 Å². The van der Waals surface area contributed by atoms with Gasteiger partial charge in [-0.25, -0.2) is 4.98 Å². The summed E-state index contributed by atoms with van der Waals surface area (Å²) in [6, 6.07) is 6.03. The van der Waals surface area contributed by atoms with Crippen LogP contribution in [0.1, 0.15) is 12.6 Å². The molecule has 3 aromatic rings. The minimum Gasteiger partial charge on any atom is -0.262 e. The van der Waals surface area contributed by atoms with Gasteiger partial charge in [-0.1, -0.05) is 6.07 Å². The van der Waals surface area contributed by atoms with Crippen molar-refractivity contribution in [1.29, 1.82) is 0 Å². The minimum absolute atomic E-state index is 0.695. The van der Waals surface area contributed by atoms with Gasteiger partial charge in [0.1, 0.15) is 5.69 Å². The summed E-state index contributed by atoms with van der Waals surface area (Å²) in [6.07, 6.45) is 0. The van der Waals surface area contributed by atoms with Crippen LogP contribution < -0.4 is 0 Å². The second-order valence-electron chi connectivity index (χ2n) is 3.97. The molecule has 1 N–H and O–H groups in total. The van der Waals surface area contributed by atoms with E-state index in [4.69, 9.17) is 0 Å². The molecule has 0 aliphatic rings. The van der Waals surface area contributed by atoms with Crippen molar-refractivity contribution in [2.45, 2.75) is 20.4 Å². The molecule has 92 valence electrons. The third-order valence-electron chi connectivity index (χ3n) is 2.67. The SMILES string of the molecule is CCn1nc(C)cc1-c1n[nH]c(-c2cccs2)n1. The molecule has 0 spiro atoms. The molecule has 0 radical (unpaired) electrons. The lowest BCUT2D eigenvalue weighted by Gasteiger charge is -1.98. The van der Waals surface area contributed by atoms with E-state index < -0.39 is 0 Å². The predicted molar refractivity (Wildman–Crippen MR) is 71.3 cm³/mol. The quantitative estimate of drug-likeness (QED) is 0.786. The summed E-state index contributed by atoms with van der Waals surface area (Å²) < 4.78 is 1.91. The van der Waals surface area contributed by atoms with Gasteiger partial charge in [0.15, 0.2) is 11.6 Å². The van der Waals surface area contributed by atoms with E-state index >= 15 is 0 Å². The number of hydrogen-bond acceptors (Lipinski definition) is 4. The third kappa shape index (κ3) is 1.84. The fourth-order valence-electron chi connectivity index (χ4n) is 1.87. The molecule has 5 nitrogen and oxygen atoms in total. The van der Waals surface area contributed by atoms with Crippen LogP contribution in [0.15, 0.2) is 23.6 Å². The lowest BCUT2D eigenvalue weighted by molar-refractivity contribution is 0.657. The van der Waals surface area contributed by atoms with Crippen LogP contribution in [-0.4, -0.2) is 25.0 Å². The van der Waals surface area contributed by atoms with Gasteiger partial charge >= 0.3 is 0 Å². The molecule has 0 fully saturated rings. The summed E-state index contributed by atoms with van der Waals surface area (Å²) in [5.74, 6) is 1.50.